The Hall–Kier alpha value is -2.45. The highest BCUT2D eigenvalue weighted by Crippen LogP contribution is 2.33. The van der Waals surface area contributed by atoms with E-state index < -0.39 is 11.6 Å². The number of likely N-dealkylation sites (tertiary alicyclic amines) is 1. The summed E-state index contributed by atoms with van der Waals surface area (Å²) in [7, 11) is 0. The van der Waals surface area contributed by atoms with Crippen molar-refractivity contribution in [1.29, 1.82) is 0 Å². The van der Waals surface area contributed by atoms with Crippen LogP contribution >= 0.6 is 0 Å². The van der Waals surface area contributed by atoms with Crippen LogP contribution in [0.1, 0.15) is 64.8 Å². The highest BCUT2D eigenvalue weighted by Gasteiger charge is 2.31. The van der Waals surface area contributed by atoms with E-state index >= 15 is 0 Å². The Kier molecular flexibility index (Phi) is 11.0. The first-order valence-electron chi connectivity index (χ1n) is 12.1. The molecule has 0 spiro atoms. The summed E-state index contributed by atoms with van der Waals surface area (Å²) in [6.07, 6.45) is 1.88. The van der Waals surface area contributed by atoms with Crippen LogP contribution in [0.5, 0.6) is 0 Å². The lowest BCUT2D eigenvalue weighted by atomic mass is 9.93. The van der Waals surface area contributed by atoms with E-state index in [2.05, 4.69) is 31.0 Å². The van der Waals surface area contributed by atoms with Crippen LogP contribution < -0.4 is 0 Å². The van der Waals surface area contributed by atoms with Crippen LogP contribution in [0.15, 0.2) is 24.3 Å². The van der Waals surface area contributed by atoms with Crippen molar-refractivity contribution in [3.63, 3.8) is 0 Å². The molecule has 1 atom stereocenters. The van der Waals surface area contributed by atoms with E-state index in [4.69, 9.17) is 9.84 Å². The van der Waals surface area contributed by atoms with E-state index in [1.54, 1.807) is 11.0 Å². The van der Waals surface area contributed by atoms with Gasteiger partial charge in [0.05, 0.1) is 17.0 Å². The van der Waals surface area contributed by atoms with Gasteiger partial charge in [-0.05, 0) is 48.9 Å². The molecule has 1 aliphatic carbocycles. The van der Waals surface area contributed by atoms with Gasteiger partial charge in [0.2, 0.25) is 5.91 Å². The normalized spacial score (nSPS) is 17.1. The SMILES string of the molecule is CC.CC(C)C.O=C(COC1CCCc2cc(-c3c(F)cccc3F)nnc21)N1CC(CO)C1. The van der Waals surface area contributed by atoms with Crippen LogP contribution in [-0.4, -0.2) is 52.4 Å². The summed E-state index contributed by atoms with van der Waals surface area (Å²) in [6, 6.07) is 5.34. The van der Waals surface area contributed by atoms with Gasteiger partial charge in [-0.3, -0.25) is 4.79 Å². The predicted octanol–water partition coefficient (Wildman–Crippen LogP) is 4.96. The molecule has 1 N–H and O–H groups in total. The van der Waals surface area contributed by atoms with Crippen molar-refractivity contribution in [3.8, 4) is 11.3 Å². The molecule has 0 saturated carbocycles. The first kappa shape index (κ1) is 27.8. The van der Waals surface area contributed by atoms with Gasteiger partial charge in [0, 0.05) is 25.6 Å². The minimum atomic E-state index is -0.681. The van der Waals surface area contributed by atoms with E-state index in [-0.39, 0.29) is 42.4 Å². The third kappa shape index (κ3) is 7.27. The zero-order valence-corrected chi connectivity index (χ0v) is 20.9. The molecule has 1 amide bonds. The molecule has 0 bridgehead atoms. The van der Waals surface area contributed by atoms with E-state index in [1.807, 2.05) is 13.8 Å². The van der Waals surface area contributed by atoms with Gasteiger partial charge in [-0.15, -0.1) is 5.10 Å². The molecule has 1 aliphatic heterocycles. The number of aliphatic hydroxyl groups excluding tert-OH is 1. The number of aryl methyl sites for hydroxylation is 1. The molecule has 1 saturated heterocycles. The number of rotatable bonds is 5. The first-order valence-corrected chi connectivity index (χ1v) is 12.1. The monoisotopic (exact) mass is 477 g/mol. The average molecular weight is 478 g/mol. The van der Waals surface area contributed by atoms with Crippen molar-refractivity contribution in [1.82, 2.24) is 15.1 Å². The smallest absolute Gasteiger partial charge is 0.248 e. The fourth-order valence-corrected chi connectivity index (χ4v) is 3.70. The molecule has 8 heteroatoms. The number of nitrogens with zero attached hydrogens (tertiary/aromatic N) is 3. The highest BCUT2D eigenvalue weighted by molar-refractivity contribution is 5.78. The minimum absolute atomic E-state index is 0.0619. The summed E-state index contributed by atoms with van der Waals surface area (Å²) in [6.45, 7) is 11.6. The molecule has 1 unspecified atom stereocenters. The topological polar surface area (TPSA) is 75.5 Å². The molecule has 2 heterocycles. The number of aliphatic hydroxyl groups is 1. The van der Waals surface area contributed by atoms with Gasteiger partial charge in [-0.1, -0.05) is 40.7 Å². The van der Waals surface area contributed by atoms with E-state index in [1.165, 1.54) is 18.2 Å². The second-order valence-corrected chi connectivity index (χ2v) is 9.01. The van der Waals surface area contributed by atoms with Gasteiger partial charge in [-0.2, -0.15) is 5.10 Å². The molecule has 6 nitrogen and oxygen atoms in total. The molecule has 1 aromatic heterocycles. The van der Waals surface area contributed by atoms with Gasteiger partial charge in [0.1, 0.15) is 24.3 Å². The molecular weight excluding hydrogens is 440 g/mol. The highest BCUT2D eigenvalue weighted by atomic mass is 19.1. The van der Waals surface area contributed by atoms with Crippen LogP contribution in [0.25, 0.3) is 11.3 Å². The number of hydrogen-bond donors (Lipinski definition) is 1. The molecule has 188 valence electrons. The molecule has 0 radical (unpaired) electrons. The van der Waals surface area contributed by atoms with Crippen LogP contribution in [0, 0.1) is 23.5 Å². The quantitative estimate of drug-likeness (QED) is 0.659. The van der Waals surface area contributed by atoms with E-state index in [9.17, 15) is 13.6 Å². The number of hydrogen-bond acceptors (Lipinski definition) is 5. The lowest BCUT2D eigenvalue weighted by molar-refractivity contribution is -0.146. The number of aromatic nitrogens is 2. The molecule has 2 aliphatic rings. The maximum absolute atomic E-state index is 14.0. The summed E-state index contributed by atoms with van der Waals surface area (Å²) in [5.41, 5.74) is 1.42. The third-order valence-corrected chi connectivity index (χ3v) is 5.32. The maximum atomic E-state index is 14.0. The van der Waals surface area contributed by atoms with Gasteiger partial charge >= 0.3 is 0 Å². The fourth-order valence-electron chi connectivity index (χ4n) is 3.70. The average Bonchev–Trinajstić information content (AvgIpc) is 2.77. The van der Waals surface area contributed by atoms with Gasteiger partial charge in [0.15, 0.2) is 0 Å². The Labute approximate surface area is 201 Å². The van der Waals surface area contributed by atoms with Crippen molar-refractivity contribution >= 4 is 5.91 Å². The summed E-state index contributed by atoms with van der Waals surface area (Å²) in [4.78, 5) is 13.8. The second kappa shape index (κ2) is 13.4. The van der Waals surface area contributed by atoms with E-state index in [0.717, 1.165) is 17.9 Å². The standard InChI is InChI=1S/C20H21F2N3O3.C4H10.C2H6/c21-14-4-2-5-15(22)19(14)16-7-13-3-1-6-17(20(13)24-23-16)28-11-18(27)25-8-12(9-25)10-26;1-4(2)3;1-2/h2,4-5,7,12,17,26H,1,3,6,8-11H2;4H,1-3H3;1-2H3. The summed E-state index contributed by atoms with van der Waals surface area (Å²) in [5, 5.41) is 17.2. The maximum Gasteiger partial charge on any atom is 0.248 e. The van der Waals surface area contributed by atoms with Crippen molar-refractivity contribution in [3.05, 3.63) is 47.2 Å². The number of carbonyl (C=O) groups is 1. The number of ether oxygens (including phenoxy) is 1. The number of fused-ring (bicyclic) bond motifs is 1. The van der Waals surface area contributed by atoms with Gasteiger partial charge in [0.25, 0.3) is 0 Å². The Morgan fingerprint density at radius 3 is 2.38 bits per heavy atom. The molecule has 4 rings (SSSR count). The summed E-state index contributed by atoms with van der Waals surface area (Å²) >= 11 is 0. The number of carbonyl (C=O) groups excluding carboxylic acids is 1. The fraction of sp³-hybridized carbons (Fsp3) is 0.577. The molecule has 1 aromatic carbocycles. The Morgan fingerprint density at radius 1 is 1.18 bits per heavy atom. The molecule has 34 heavy (non-hydrogen) atoms. The minimum Gasteiger partial charge on any atom is -0.396 e. The Balaban J connectivity index is 0.000000618. The van der Waals surface area contributed by atoms with Crippen LogP contribution in [0.3, 0.4) is 0 Å². The van der Waals surface area contributed by atoms with Gasteiger partial charge < -0.3 is 14.7 Å². The van der Waals surface area contributed by atoms with Crippen molar-refractivity contribution in [2.24, 2.45) is 11.8 Å². The second-order valence-electron chi connectivity index (χ2n) is 9.01. The molecule has 2 aromatic rings. The summed E-state index contributed by atoms with van der Waals surface area (Å²) < 4.78 is 33.9. The number of amides is 1. The van der Waals surface area contributed by atoms with E-state index in [0.29, 0.717) is 31.6 Å². The zero-order chi connectivity index (χ0) is 25.3. The Bertz CT molecular complexity index is 910. The molecule has 1 fully saturated rings. The van der Waals surface area contributed by atoms with Crippen molar-refractivity contribution < 1.29 is 23.4 Å². The lowest BCUT2D eigenvalue weighted by Gasteiger charge is -2.38. The first-order chi connectivity index (χ1) is 16.3. The number of benzene rings is 1. The third-order valence-electron chi connectivity index (χ3n) is 5.32. The van der Waals surface area contributed by atoms with Crippen molar-refractivity contribution in [2.45, 2.75) is 60.0 Å². The van der Waals surface area contributed by atoms with Crippen molar-refractivity contribution in [2.75, 3.05) is 26.3 Å². The zero-order valence-electron chi connectivity index (χ0n) is 20.9. The number of halogens is 2. The largest absolute Gasteiger partial charge is 0.396 e. The predicted molar refractivity (Wildman–Crippen MR) is 128 cm³/mol. The molecular formula is C26H37F2N3O3. The van der Waals surface area contributed by atoms with Crippen LogP contribution in [0.2, 0.25) is 0 Å². The summed E-state index contributed by atoms with van der Waals surface area (Å²) in [5.74, 6) is -0.490. The van der Waals surface area contributed by atoms with Gasteiger partial charge in [-0.25, -0.2) is 8.78 Å². The Morgan fingerprint density at radius 2 is 1.79 bits per heavy atom. The van der Waals surface area contributed by atoms with Crippen LogP contribution in [-0.2, 0) is 16.0 Å². The lowest BCUT2D eigenvalue weighted by Crippen LogP contribution is -2.52. The van der Waals surface area contributed by atoms with Crippen LogP contribution in [0.4, 0.5) is 8.78 Å².